The van der Waals surface area contributed by atoms with Crippen molar-refractivity contribution in [2.24, 2.45) is 0 Å². The Morgan fingerprint density at radius 2 is 1.92 bits per heavy atom. The molecule has 0 radical (unpaired) electrons. The standard InChI is InChI=1S/C17H22N2O5/c20-15(21)12-17(23)14-5-2-1-4-13(14)16(22)19(17)7-3-6-18-8-10-24-11-9-18/h1-2,4-5,23H,3,6-12H2,(H,20,21)/t17-/m1/s1. The van der Waals surface area contributed by atoms with Crippen LogP contribution in [0, 0.1) is 0 Å². The molecule has 2 aliphatic rings. The summed E-state index contributed by atoms with van der Waals surface area (Å²) in [5, 5.41) is 20.1. The van der Waals surface area contributed by atoms with Gasteiger partial charge in [0.15, 0.2) is 5.72 Å². The first kappa shape index (κ1) is 16.9. The zero-order valence-electron chi connectivity index (χ0n) is 13.5. The number of aliphatic hydroxyl groups is 1. The maximum Gasteiger partial charge on any atom is 0.308 e. The molecule has 0 aliphatic carbocycles. The van der Waals surface area contributed by atoms with Gasteiger partial charge in [-0.3, -0.25) is 14.5 Å². The second-order valence-electron chi connectivity index (χ2n) is 6.20. The zero-order valence-corrected chi connectivity index (χ0v) is 13.5. The van der Waals surface area contributed by atoms with Crippen molar-refractivity contribution in [3.63, 3.8) is 0 Å². The summed E-state index contributed by atoms with van der Waals surface area (Å²) in [5.74, 6) is -1.45. The fraction of sp³-hybridized carbons (Fsp3) is 0.529. The van der Waals surface area contributed by atoms with Crippen molar-refractivity contribution < 1.29 is 24.5 Å². The van der Waals surface area contributed by atoms with Gasteiger partial charge >= 0.3 is 5.97 Å². The number of carbonyl (C=O) groups is 2. The fourth-order valence-corrected chi connectivity index (χ4v) is 3.44. The molecule has 0 saturated carbocycles. The van der Waals surface area contributed by atoms with Crippen molar-refractivity contribution in [1.82, 2.24) is 9.80 Å². The van der Waals surface area contributed by atoms with Crippen LogP contribution < -0.4 is 0 Å². The molecule has 1 saturated heterocycles. The predicted molar refractivity (Wildman–Crippen MR) is 85.5 cm³/mol. The Morgan fingerprint density at radius 3 is 2.62 bits per heavy atom. The van der Waals surface area contributed by atoms with Crippen molar-refractivity contribution in [2.75, 3.05) is 39.4 Å². The minimum Gasteiger partial charge on any atom is -0.481 e. The van der Waals surface area contributed by atoms with Gasteiger partial charge in [0.2, 0.25) is 0 Å². The van der Waals surface area contributed by atoms with Gasteiger partial charge < -0.3 is 19.8 Å². The number of fused-ring (bicyclic) bond motifs is 1. The number of nitrogens with zero attached hydrogens (tertiary/aromatic N) is 2. The largest absolute Gasteiger partial charge is 0.481 e. The molecule has 1 aromatic rings. The molecular weight excluding hydrogens is 312 g/mol. The van der Waals surface area contributed by atoms with Crippen molar-refractivity contribution >= 4 is 11.9 Å². The van der Waals surface area contributed by atoms with E-state index in [0.717, 1.165) is 19.6 Å². The monoisotopic (exact) mass is 334 g/mol. The second-order valence-corrected chi connectivity index (χ2v) is 6.20. The lowest BCUT2D eigenvalue weighted by Gasteiger charge is -2.34. The molecule has 1 atom stereocenters. The SMILES string of the molecule is O=C(O)C[C@@]1(O)c2ccccc2C(=O)N1CCCN1CCOCC1. The summed E-state index contributed by atoms with van der Waals surface area (Å²) in [7, 11) is 0. The van der Waals surface area contributed by atoms with Gasteiger partial charge in [0.1, 0.15) is 0 Å². The van der Waals surface area contributed by atoms with Crippen LogP contribution in [0.3, 0.4) is 0 Å². The van der Waals surface area contributed by atoms with Gasteiger partial charge in [0.05, 0.1) is 19.6 Å². The first-order valence-electron chi connectivity index (χ1n) is 8.18. The number of morpholine rings is 1. The Bertz CT molecular complexity index is 629. The molecule has 7 nitrogen and oxygen atoms in total. The van der Waals surface area contributed by atoms with Crippen LogP contribution in [0.15, 0.2) is 24.3 Å². The third-order valence-corrected chi connectivity index (χ3v) is 4.64. The molecule has 0 spiro atoms. The lowest BCUT2D eigenvalue weighted by Crippen LogP contribution is -2.46. The molecular formula is C17H22N2O5. The highest BCUT2D eigenvalue weighted by Crippen LogP contribution is 2.39. The summed E-state index contributed by atoms with van der Waals surface area (Å²) in [5.41, 5.74) is -1.01. The van der Waals surface area contributed by atoms with Gasteiger partial charge in [-0.1, -0.05) is 18.2 Å². The van der Waals surface area contributed by atoms with E-state index in [0.29, 0.717) is 37.3 Å². The van der Waals surface area contributed by atoms with Crippen LogP contribution in [0.4, 0.5) is 0 Å². The van der Waals surface area contributed by atoms with Gasteiger partial charge in [-0.2, -0.15) is 0 Å². The van der Waals surface area contributed by atoms with Crippen LogP contribution in [-0.4, -0.2) is 71.3 Å². The van der Waals surface area contributed by atoms with Crippen molar-refractivity contribution in [1.29, 1.82) is 0 Å². The lowest BCUT2D eigenvalue weighted by molar-refractivity contribution is -0.152. The highest BCUT2D eigenvalue weighted by Gasteiger charge is 2.49. The van der Waals surface area contributed by atoms with E-state index in [1.807, 2.05) is 0 Å². The molecule has 0 bridgehead atoms. The third-order valence-electron chi connectivity index (χ3n) is 4.64. The summed E-state index contributed by atoms with van der Waals surface area (Å²) >= 11 is 0. The van der Waals surface area contributed by atoms with E-state index in [1.54, 1.807) is 24.3 Å². The zero-order chi connectivity index (χ0) is 17.2. The van der Waals surface area contributed by atoms with Gasteiger partial charge in [0, 0.05) is 37.3 Å². The first-order chi connectivity index (χ1) is 11.5. The Kier molecular flexibility index (Phi) is 4.84. The number of carbonyl (C=O) groups excluding carboxylic acids is 1. The number of hydrogen-bond donors (Lipinski definition) is 2. The van der Waals surface area contributed by atoms with E-state index < -0.39 is 18.1 Å². The second kappa shape index (κ2) is 6.88. The van der Waals surface area contributed by atoms with Crippen LogP contribution in [0.25, 0.3) is 0 Å². The topological polar surface area (TPSA) is 90.3 Å². The summed E-state index contributed by atoms with van der Waals surface area (Å²) in [6.45, 7) is 4.22. The van der Waals surface area contributed by atoms with Crippen LogP contribution in [0.1, 0.15) is 28.8 Å². The quantitative estimate of drug-likeness (QED) is 0.787. The summed E-state index contributed by atoms with van der Waals surface area (Å²) in [6, 6.07) is 6.68. The Morgan fingerprint density at radius 1 is 1.21 bits per heavy atom. The molecule has 130 valence electrons. The molecule has 1 amide bonds. The number of carboxylic acids is 1. The first-order valence-corrected chi connectivity index (χ1v) is 8.18. The maximum absolute atomic E-state index is 12.6. The van der Waals surface area contributed by atoms with Crippen LogP contribution >= 0.6 is 0 Å². The molecule has 0 unspecified atom stereocenters. The third kappa shape index (κ3) is 3.15. The molecule has 3 rings (SSSR count). The lowest BCUT2D eigenvalue weighted by atomic mass is 9.98. The van der Waals surface area contributed by atoms with Crippen LogP contribution in [0.2, 0.25) is 0 Å². The average molecular weight is 334 g/mol. The smallest absolute Gasteiger partial charge is 0.308 e. The molecule has 1 aromatic carbocycles. The molecule has 7 heteroatoms. The van der Waals surface area contributed by atoms with Gasteiger partial charge in [-0.15, -0.1) is 0 Å². The van der Waals surface area contributed by atoms with Gasteiger partial charge in [0.25, 0.3) is 5.91 Å². The van der Waals surface area contributed by atoms with E-state index in [4.69, 9.17) is 4.74 Å². The van der Waals surface area contributed by atoms with E-state index in [2.05, 4.69) is 4.90 Å². The Hall–Kier alpha value is -1.96. The minimum atomic E-state index is -1.77. The fourth-order valence-electron chi connectivity index (χ4n) is 3.44. The number of amides is 1. The molecule has 1 fully saturated rings. The molecule has 2 N–H and O–H groups in total. The molecule has 24 heavy (non-hydrogen) atoms. The highest BCUT2D eigenvalue weighted by molar-refractivity contribution is 6.00. The average Bonchev–Trinajstić information content (AvgIpc) is 2.77. The molecule has 2 aliphatic heterocycles. The van der Waals surface area contributed by atoms with Crippen LogP contribution in [-0.2, 0) is 15.3 Å². The molecule has 0 aromatic heterocycles. The minimum absolute atomic E-state index is 0.309. The Labute approximate surface area is 140 Å². The Balaban J connectivity index is 1.73. The normalized spacial score (nSPS) is 24.2. The van der Waals surface area contributed by atoms with Gasteiger partial charge in [-0.25, -0.2) is 0 Å². The van der Waals surface area contributed by atoms with Gasteiger partial charge in [-0.05, 0) is 12.5 Å². The van der Waals surface area contributed by atoms with Crippen molar-refractivity contribution in [3.8, 4) is 0 Å². The predicted octanol–water partition coefficient (Wildman–Crippen LogP) is 0.485. The number of rotatable bonds is 6. The number of hydrogen-bond acceptors (Lipinski definition) is 5. The number of aliphatic carboxylic acids is 1. The van der Waals surface area contributed by atoms with Crippen molar-refractivity contribution in [2.45, 2.75) is 18.6 Å². The van der Waals surface area contributed by atoms with E-state index in [1.165, 1.54) is 4.90 Å². The highest BCUT2D eigenvalue weighted by atomic mass is 16.5. The van der Waals surface area contributed by atoms with E-state index in [9.17, 15) is 19.8 Å². The number of ether oxygens (including phenoxy) is 1. The maximum atomic E-state index is 12.6. The number of benzene rings is 1. The summed E-state index contributed by atoms with van der Waals surface area (Å²) < 4.78 is 5.30. The molecule has 2 heterocycles. The number of carboxylic acid groups (broad SMARTS) is 1. The summed E-state index contributed by atoms with van der Waals surface area (Å²) in [6.07, 6.45) is 0.148. The van der Waals surface area contributed by atoms with E-state index >= 15 is 0 Å². The van der Waals surface area contributed by atoms with Crippen LogP contribution in [0.5, 0.6) is 0 Å². The van der Waals surface area contributed by atoms with E-state index in [-0.39, 0.29) is 5.91 Å². The van der Waals surface area contributed by atoms with Crippen molar-refractivity contribution in [3.05, 3.63) is 35.4 Å². The summed E-state index contributed by atoms with van der Waals surface area (Å²) in [4.78, 5) is 27.4.